The van der Waals surface area contributed by atoms with Crippen molar-refractivity contribution in [1.29, 1.82) is 0 Å². The van der Waals surface area contributed by atoms with E-state index in [1.54, 1.807) is 7.11 Å². The summed E-state index contributed by atoms with van der Waals surface area (Å²) in [4.78, 5) is 12.3. The Morgan fingerprint density at radius 3 is 1.90 bits per heavy atom. The summed E-state index contributed by atoms with van der Waals surface area (Å²) in [7, 11) is -0.802. The molecule has 1 N–H and O–H groups in total. The number of carbonyl (C=O) groups excluding carboxylic acids is 1. The molecule has 0 bridgehead atoms. The van der Waals surface area contributed by atoms with Crippen molar-refractivity contribution < 1.29 is 23.1 Å². The Labute approximate surface area is 254 Å². The lowest BCUT2D eigenvalue weighted by Gasteiger charge is -2.53. The molecule has 0 unspecified atom stereocenters. The highest BCUT2D eigenvalue weighted by Crippen LogP contribution is 2.55. The molecule has 1 saturated carbocycles. The second-order valence-corrected chi connectivity index (χ2v) is 20.0. The molecule has 3 rings (SSSR count). The van der Waals surface area contributed by atoms with Crippen molar-refractivity contribution in [2.45, 2.75) is 185 Å². The van der Waals surface area contributed by atoms with Crippen molar-refractivity contribution in [3.05, 3.63) is 0 Å². The van der Waals surface area contributed by atoms with Crippen molar-refractivity contribution in [1.82, 2.24) is 5.32 Å². The maximum Gasteiger partial charge on any atom is 0.349 e. The molecule has 1 amide bonds. The quantitative estimate of drug-likeness (QED) is 0.120. The summed E-state index contributed by atoms with van der Waals surface area (Å²) in [6.07, 6.45) is 21.2. The molecular weight excluding hydrogens is 530 g/mol. The summed E-state index contributed by atoms with van der Waals surface area (Å²) in [5, 5.41) is 2.99. The summed E-state index contributed by atoms with van der Waals surface area (Å²) >= 11 is 0. The first kappa shape index (κ1) is 35.0. The van der Waals surface area contributed by atoms with Crippen molar-refractivity contribution in [3.8, 4) is 0 Å². The third kappa shape index (κ3) is 10.6. The van der Waals surface area contributed by atoms with E-state index in [2.05, 4.69) is 46.9 Å². The van der Waals surface area contributed by atoms with E-state index in [1.807, 2.05) is 0 Å². The van der Waals surface area contributed by atoms with Gasteiger partial charge in [-0.2, -0.15) is 0 Å². The molecule has 3 fully saturated rings. The molecule has 1 aliphatic carbocycles. The maximum atomic E-state index is 12.3. The first-order valence-electron chi connectivity index (χ1n) is 17.3. The third-order valence-electron chi connectivity index (χ3n) is 9.61. The number of nitrogens with one attached hydrogen (secondary N) is 1. The van der Waals surface area contributed by atoms with Crippen LogP contribution in [0.3, 0.4) is 0 Å². The Hall–Kier alpha value is -0.473. The van der Waals surface area contributed by atoms with Gasteiger partial charge in [0.25, 0.3) is 0 Å². The van der Waals surface area contributed by atoms with Gasteiger partial charge in [-0.25, -0.2) is 0 Å². The standard InChI is InChI=1S/C34H65NO5Si/c1-33(2,3)41(34(4,5)6)38-26-29-32(40-41)31(37-7)28(39-29)21-19-25-35-30(36)22-18-16-14-12-10-8-9-11-13-15-17-20-27-23-24-27/h27-29,31-32H,8-26H2,1-7H3,(H,35,36)/t28-,29+,31-,32+/m0/s1. The minimum atomic E-state index is -2.56. The predicted molar refractivity (Wildman–Crippen MR) is 170 cm³/mol. The van der Waals surface area contributed by atoms with Gasteiger partial charge in [0, 0.05) is 30.2 Å². The second-order valence-electron chi connectivity index (χ2n) is 15.3. The summed E-state index contributed by atoms with van der Waals surface area (Å²) in [5.74, 6) is 1.28. The number of carbonyl (C=O) groups is 1. The lowest BCUT2D eigenvalue weighted by molar-refractivity contribution is -0.121. The molecule has 2 aliphatic heterocycles. The fraction of sp³-hybridized carbons (Fsp3) is 0.971. The Kier molecular flexibility index (Phi) is 14.1. The van der Waals surface area contributed by atoms with E-state index >= 15 is 0 Å². The summed E-state index contributed by atoms with van der Waals surface area (Å²) in [6, 6.07) is 0. The lowest BCUT2D eigenvalue weighted by atomic mass is 10.0. The van der Waals surface area contributed by atoms with Gasteiger partial charge in [0.05, 0.1) is 12.7 Å². The molecule has 2 saturated heterocycles. The Bertz CT molecular complexity index is 745. The number of unbranched alkanes of at least 4 members (excludes halogenated alkanes) is 10. The van der Waals surface area contributed by atoms with Crippen molar-refractivity contribution in [3.63, 3.8) is 0 Å². The van der Waals surface area contributed by atoms with Gasteiger partial charge in [-0.15, -0.1) is 0 Å². The lowest BCUT2D eigenvalue weighted by Crippen LogP contribution is -2.65. The zero-order valence-electron chi connectivity index (χ0n) is 27.9. The molecule has 0 spiro atoms. The van der Waals surface area contributed by atoms with E-state index in [0.29, 0.717) is 19.6 Å². The molecule has 4 atom stereocenters. The molecular formula is C34H65NO5Si. The molecule has 6 nitrogen and oxygen atoms in total. The zero-order chi connectivity index (χ0) is 29.9. The topological polar surface area (TPSA) is 66.0 Å². The second kappa shape index (κ2) is 16.6. The van der Waals surface area contributed by atoms with E-state index in [4.69, 9.17) is 18.3 Å². The highest BCUT2D eigenvalue weighted by Gasteiger charge is 2.64. The fourth-order valence-electron chi connectivity index (χ4n) is 7.27. The van der Waals surface area contributed by atoms with Gasteiger partial charge >= 0.3 is 8.56 Å². The van der Waals surface area contributed by atoms with Crippen LogP contribution in [0, 0.1) is 5.92 Å². The highest BCUT2D eigenvalue weighted by molar-refractivity contribution is 6.73. The van der Waals surface area contributed by atoms with Gasteiger partial charge in [-0.3, -0.25) is 4.79 Å². The summed E-state index contributed by atoms with van der Waals surface area (Å²) in [6.45, 7) is 14.7. The van der Waals surface area contributed by atoms with E-state index in [0.717, 1.165) is 25.2 Å². The van der Waals surface area contributed by atoms with E-state index in [1.165, 1.54) is 83.5 Å². The smallest absolute Gasteiger partial charge is 0.349 e. The Morgan fingerprint density at radius 1 is 0.805 bits per heavy atom. The maximum absolute atomic E-state index is 12.3. The van der Waals surface area contributed by atoms with Gasteiger partial charge < -0.3 is 23.6 Å². The number of ether oxygens (including phenoxy) is 2. The van der Waals surface area contributed by atoms with Crippen LogP contribution in [0.15, 0.2) is 0 Å². The van der Waals surface area contributed by atoms with Crippen molar-refractivity contribution in [2.24, 2.45) is 5.92 Å². The van der Waals surface area contributed by atoms with Crippen LogP contribution >= 0.6 is 0 Å². The Morgan fingerprint density at radius 2 is 1.37 bits per heavy atom. The molecule has 0 aromatic carbocycles. The first-order chi connectivity index (χ1) is 19.5. The largest absolute Gasteiger partial charge is 0.391 e. The predicted octanol–water partition coefficient (Wildman–Crippen LogP) is 8.60. The summed E-state index contributed by atoms with van der Waals surface area (Å²) in [5.41, 5.74) is 0. The number of hydrogen-bond acceptors (Lipinski definition) is 5. The fourth-order valence-corrected chi connectivity index (χ4v) is 12.2. The van der Waals surface area contributed by atoms with Gasteiger partial charge in [-0.05, 0) is 25.2 Å². The average Bonchev–Trinajstić information content (AvgIpc) is 3.66. The van der Waals surface area contributed by atoms with Gasteiger partial charge in [0.15, 0.2) is 0 Å². The normalized spacial score (nSPS) is 26.2. The summed E-state index contributed by atoms with van der Waals surface area (Å²) < 4.78 is 25.9. The monoisotopic (exact) mass is 595 g/mol. The molecule has 7 heteroatoms. The van der Waals surface area contributed by atoms with Crippen LogP contribution in [0.2, 0.25) is 10.1 Å². The molecule has 41 heavy (non-hydrogen) atoms. The molecule has 0 aromatic heterocycles. The minimum absolute atomic E-state index is 0.0347. The van der Waals surface area contributed by atoms with Gasteiger partial charge in [0.1, 0.15) is 18.3 Å². The number of fused-ring (bicyclic) bond motifs is 1. The first-order valence-corrected chi connectivity index (χ1v) is 19.1. The van der Waals surface area contributed by atoms with E-state index < -0.39 is 8.56 Å². The van der Waals surface area contributed by atoms with Crippen LogP contribution in [0.4, 0.5) is 0 Å². The number of amides is 1. The Balaban J connectivity index is 1.21. The van der Waals surface area contributed by atoms with Crippen LogP contribution in [0.1, 0.15) is 151 Å². The number of methoxy groups -OCH3 is 1. The zero-order valence-corrected chi connectivity index (χ0v) is 28.9. The molecule has 0 radical (unpaired) electrons. The number of hydrogen-bond donors (Lipinski definition) is 1. The van der Waals surface area contributed by atoms with Crippen LogP contribution < -0.4 is 5.32 Å². The van der Waals surface area contributed by atoms with Crippen LogP contribution in [-0.4, -0.2) is 59.1 Å². The van der Waals surface area contributed by atoms with Crippen molar-refractivity contribution >= 4 is 14.5 Å². The minimum Gasteiger partial charge on any atom is -0.391 e. The van der Waals surface area contributed by atoms with Crippen LogP contribution in [0.25, 0.3) is 0 Å². The van der Waals surface area contributed by atoms with Crippen LogP contribution in [0.5, 0.6) is 0 Å². The SMILES string of the molecule is CO[C@@H]1[C@@H]2O[Si](C(C)(C)C)(C(C)(C)C)OC[C@H]2O[C@H]1CCCNC(=O)CCCCCCCCCCCCCC1CC1. The number of rotatable bonds is 19. The van der Waals surface area contributed by atoms with E-state index in [-0.39, 0.29) is 40.4 Å². The van der Waals surface area contributed by atoms with Crippen LogP contribution in [-0.2, 0) is 23.1 Å². The average molecular weight is 596 g/mol. The molecule has 240 valence electrons. The van der Waals surface area contributed by atoms with E-state index in [9.17, 15) is 4.79 Å². The highest BCUT2D eigenvalue weighted by atomic mass is 28.4. The molecule has 3 aliphatic rings. The molecule has 0 aromatic rings. The van der Waals surface area contributed by atoms with Gasteiger partial charge in [0.2, 0.25) is 5.91 Å². The van der Waals surface area contributed by atoms with Crippen molar-refractivity contribution in [2.75, 3.05) is 20.3 Å². The van der Waals surface area contributed by atoms with Gasteiger partial charge in [-0.1, -0.05) is 125 Å². The molecule has 2 heterocycles. The third-order valence-corrected chi connectivity index (χ3v) is 14.7.